The van der Waals surface area contributed by atoms with E-state index >= 15 is 0 Å². The molecule has 0 amide bonds. The van der Waals surface area contributed by atoms with Crippen molar-refractivity contribution >= 4 is 0 Å². The van der Waals surface area contributed by atoms with Crippen LogP contribution in [0.5, 0.6) is 0 Å². The van der Waals surface area contributed by atoms with Crippen LogP contribution in [0.4, 0.5) is 0 Å². The van der Waals surface area contributed by atoms with Crippen molar-refractivity contribution in [3.63, 3.8) is 0 Å². The zero-order chi connectivity index (χ0) is 49.4. The highest BCUT2D eigenvalue weighted by Crippen LogP contribution is 2.60. The van der Waals surface area contributed by atoms with Gasteiger partial charge in [0.05, 0.1) is 0 Å². The fourth-order valence-electron chi connectivity index (χ4n) is 19.6. The summed E-state index contributed by atoms with van der Waals surface area (Å²) in [5.41, 5.74) is 1.69. The third-order valence-electron chi connectivity index (χ3n) is 23.8. The van der Waals surface area contributed by atoms with Crippen molar-refractivity contribution in [1.29, 1.82) is 0 Å². The first-order chi connectivity index (χ1) is 33.8. The van der Waals surface area contributed by atoms with E-state index in [2.05, 4.69) is 55.4 Å². The molecule has 70 heavy (non-hydrogen) atoms. The minimum absolute atomic E-state index is 0.800. The number of rotatable bonds is 1. The largest absolute Gasteiger partial charge is 0.0625 e. The van der Waals surface area contributed by atoms with E-state index < -0.39 is 0 Å². The van der Waals surface area contributed by atoms with Crippen LogP contribution in [0.15, 0.2) is 0 Å². The predicted octanol–water partition coefficient (Wildman–Crippen LogP) is 23.2. The quantitative estimate of drug-likeness (QED) is 0.246. The van der Waals surface area contributed by atoms with Gasteiger partial charge in [0.2, 0.25) is 0 Å². The van der Waals surface area contributed by atoms with Crippen molar-refractivity contribution in [3.8, 4) is 0 Å². The lowest BCUT2D eigenvalue weighted by molar-refractivity contribution is -0.0411. The van der Waals surface area contributed by atoms with Crippen LogP contribution in [0.2, 0.25) is 0 Å². The molecule has 15 saturated carbocycles. The molecule has 0 saturated heterocycles. The number of hydrogen-bond acceptors (Lipinski definition) is 0. The van der Waals surface area contributed by atoms with Crippen LogP contribution in [0.3, 0.4) is 0 Å². The van der Waals surface area contributed by atoms with Gasteiger partial charge in [0.25, 0.3) is 0 Å². The zero-order valence-corrected chi connectivity index (χ0v) is 49.4. The first-order valence-electron chi connectivity index (χ1n) is 33.8. The average Bonchev–Trinajstić information content (AvgIpc) is 4.18. The van der Waals surface area contributed by atoms with Crippen molar-refractivity contribution in [2.75, 3.05) is 0 Å². The van der Waals surface area contributed by atoms with Gasteiger partial charge in [-0.1, -0.05) is 229 Å². The van der Waals surface area contributed by atoms with Crippen molar-refractivity contribution < 1.29 is 0 Å². The molecule has 0 heteroatoms. The Morgan fingerprint density at radius 2 is 0.629 bits per heavy atom. The number of hydrogen-bond donors (Lipinski definition) is 0. The second kappa shape index (κ2) is 29.5. The molecule has 0 aromatic rings. The maximum atomic E-state index is 2.54. The number of fused-ring (bicyclic) bond motifs is 3. The minimum atomic E-state index is 0.800. The summed E-state index contributed by atoms with van der Waals surface area (Å²) in [6.07, 6.45) is 67.3. The molecule has 1 spiro atoms. The second-order valence-corrected chi connectivity index (χ2v) is 30.9. The molecule has 15 aliphatic carbocycles. The van der Waals surface area contributed by atoms with Crippen molar-refractivity contribution in [1.82, 2.24) is 0 Å². The van der Waals surface area contributed by atoms with Crippen molar-refractivity contribution in [2.24, 2.45) is 106 Å². The molecular formula is C70H128. The normalized spacial score (nSPS) is 40.4. The van der Waals surface area contributed by atoms with Crippen LogP contribution < -0.4 is 0 Å². The average molecular weight is 970 g/mol. The van der Waals surface area contributed by atoms with Crippen LogP contribution in [0.25, 0.3) is 0 Å². The molecule has 6 unspecified atom stereocenters. The van der Waals surface area contributed by atoms with Crippen molar-refractivity contribution in [2.45, 2.75) is 338 Å². The Morgan fingerprint density at radius 3 is 0.986 bits per heavy atom. The van der Waals surface area contributed by atoms with Crippen LogP contribution in [0.1, 0.15) is 338 Å². The van der Waals surface area contributed by atoms with Crippen LogP contribution >= 0.6 is 0 Å². The first-order valence-corrected chi connectivity index (χ1v) is 33.8. The highest BCUT2D eigenvalue weighted by Gasteiger charge is 2.48. The summed E-state index contributed by atoms with van der Waals surface area (Å²) in [5, 5.41) is 0. The predicted molar refractivity (Wildman–Crippen MR) is 309 cm³/mol. The van der Waals surface area contributed by atoms with Crippen molar-refractivity contribution in [3.05, 3.63) is 0 Å². The van der Waals surface area contributed by atoms with E-state index in [1.165, 1.54) is 141 Å². The summed E-state index contributed by atoms with van der Waals surface area (Å²) < 4.78 is 0. The SMILES string of the molecule is CC12CC3CC(CC(C3)C1)C2.CC1CC2(CCCC2)C1.CC1CC2CCC1C2.CC1CCC(C2CCCCC2)CC1.CC1CCC1.CC1CCC2CCCCC2C1.CC1CCCC1.CC1CCCCC1. The second-order valence-electron chi connectivity index (χ2n) is 30.9. The lowest BCUT2D eigenvalue weighted by atomic mass is 9.50. The summed E-state index contributed by atoms with van der Waals surface area (Å²) in [5.74, 6) is 17.6. The van der Waals surface area contributed by atoms with Gasteiger partial charge in [-0.05, 0) is 215 Å². The molecule has 15 fully saturated rings. The van der Waals surface area contributed by atoms with E-state index in [0.29, 0.717) is 0 Å². The molecule has 6 bridgehead atoms. The van der Waals surface area contributed by atoms with Crippen LogP contribution in [-0.2, 0) is 0 Å². The topological polar surface area (TPSA) is 0 Å². The monoisotopic (exact) mass is 969 g/mol. The van der Waals surface area contributed by atoms with Gasteiger partial charge in [0.15, 0.2) is 0 Å². The zero-order valence-electron chi connectivity index (χ0n) is 49.4. The lowest BCUT2D eigenvalue weighted by Gasteiger charge is -2.55. The fraction of sp³-hybridized carbons (Fsp3) is 1.00. The first kappa shape index (κ1) is 57.7. The highest BCUT2D eigenvalue weighted by atomic mass is 14.5. The summed E-state index contributed by atoms with van der Waals surface area (Å²) in [4.78, 5) is 0. The Bertz CT molecular complexity index is 1310. The smallest absolute Gasteiger partial charge is 0.0292 e. The highest BCUT2D eigenvalue weighted by molar-refractivity contribution is 4.99. The van der Waals surface area contributed by atoms with Gasteiger partial charge in [0.1, 0.15) is 0 Å². The molecule has 0 radical (unpaired) electrons. The van der Waals surface area contributed by atoms with Gasteiger partial charge in [-0.2, -0.15) is 0 Å². The van der Waals surface area contributed by atoms with E-state index in [1.807, 2.05) is 0 Å². The van der Waals surface area contributed by atoms with Crippen LogP contribution in [-0.4, -0.2) is 0 Å². The van der Waals surface area contributed by atoms with E-state index in [4.69, 9.17) is 0 Å². The van der Waals surface area contributed by atoms with Gasteiger partial charge in [-0.3, -0.25) is 0 Å². The molecule has 15 aliphatic rings. The van der Waals surface area contributed by atoms with Gasteiger partial charge in [0, 0.05) is 0 Å². The Kier molecular flexibility index (Phi) is 24.3. The van der Waals surface area contributed by atoms with E-state index in [1.54, 1.807) is 141 Å². The molecule has 15 rings (SSSR count). The Labute approximate surface area is 441 Å². The molecular weight excluding hydrogens is 841 g/mol. The minimum Gasteiger partial charge on any atom is -0.0625 e. The molecule has 408 valence electrons. The van der Waals surface area contributed by atoms with E-state index in [-0.39, 0.29) is 0 Å². The van der Waals surface area contributed by atoms with Crippen LogP contribution in [0, 0.1) is 106 Å². The third kappa shape index (κ3) is 19.2. The van der Waals surface area contributed by atoms with Gasteiger partial charge >= 0.3 is 0 Å². The maximum absolute atomic E-state index is 2.54. The molecule has 0 heterocycles. The fourth-order valence-corrected chi connectivity index (χ4v) is 19.6. The Balaban J connectivity index is 0.000000120. The Hall–Kier alpha value is 0. The molecule has 0 aromatic carbocycles. The molecule has 0 aromatic heterocycles. The molecule has 0 N–H and O–H groups in total. The van der Waals surface area contributed by atoms with Gasteiger partial charge < -0.3 is 0 Å². The molecule has 0 nitrogen and oxygen atoms in total. The lowest BCUT2D eigenvalue weighted by Crippen LogP contribution is -2.44. The standard InChI is InChI=1S/C13H24.C11H18.C11H20.C9H16.C8H14.C7H14.C6H12.C5H10/c1-11-7-9-13(10-8-11)12-5-3-2-4-6-12;1-11-5-8-2-9(6-11)4-10(3-8)7-11;1-9-6-7-10-4-2-3-5-11(10)8-9;1-8-6-9(7-8)4-2-3-5-9;1-6-4-7-2-3-8(6)5-7;1-7-5-3-2-4-6-7;1-6-4-2-3-5-6;1-5-3-2-4-5/h11-13H,2-10H2,1H3;8-10H,2-7H2,1H3;9-11H,2-8H2,1H3;8H,2-7H2,1H3;6-8H,2-5H2,1H3;7H,2-6H2,1H3;6H,2-5H2,1H3;5H,2-4H2,1H3. The van der Waals surface area contributed by atoms with E-state index in [9.17, 15) is 0 Å². The summed E-state index contributed by atoms with van der Waals surface area (Å²) >= 11 is 0. The summed E-state index contributed by atoms with van der Waals surface area (Å²) in [7, 11) is 0. The maximum Gasteiger partial charge on any atom is -0.0292 e. The summed E-state index contributed by atoms with van der Waals surface area (Å²) in [6.45, 7) is 19.2. The summed E-state index contributed by atoms with van der Waals surface area (Å²) in [6, 6.07) is 0. The third-order valence-corrected chi connectivity index (χ3v) is 23.8. The van der Waals surface area contributed by atoms with Gasteiger partial charge in [-0.25, -0.2) is 0 Å². The Morgan fingerprint density at radius 1 is 0.243 bits per heavy atom. The van der Waals surface area contributed by atoms with Gasteiger partial charge in [-0.15, -0.1) is 0 Å². The molecule has 6 atom stereocenters. The van der Waals surface area contributed by atoms with E-state index in [0.717, 1.165) is 106 Å². The molecule has 0 aliphatic heterocycles.